The van der Waals surface area contributed by atoms with Crippen LogP contribution in [0.1, 0.15) is 36.6 Å². The van der Waals surface area contributed by atoms with Crippen LogP contribution in [-0.4, -0.2) is 9.97 Å². The van der Waals surface area contributed by atoms with Gasteiger partial charge in [-0.1, -0.05) is 32.0 Å². The summed E-state index contributed by atoms with van der Waals surface area (Å²) in [6.07, 6.45) is 4.47. The van der Waals surface area contributed by atoms with Gasteiger partial charge in [-0.2, -0.15) is 0 Å². The van der Waals surface area contributed by atoms with Gasteiger partial charge in [-0.15, -0.1) is 0 Å². The summed E-state index contributed by atoms with van der Waals surface area (Å²) < 4.78 is 0. The van der Waals surface area contributed by atoms with Crippen LogP contribution in [-0.2, 0) is 6.42 Å². The first-order chi connectivity index (χ1) is 7.75. The zero-order chi connectivity index (χ0) is 11.1. The minimum Gasteiger partial charge on any atom is -0.257 e. The van der Waals surface area contributed by atoms with Crippen LogP contribution in [0, 0.1) is 0 Å². The number of fused-ring (bicyclic) bond motifs is 3. The van der Waals surface area contributed by atoms with Crippen molar-refractivity contribution in [2.45, 2.75) is 26.2 Å². The first-order valence-corrected chi connectivity index (χ1v) is 5.69. The molecule has 80 valence electrons. The Kier molecular flexibility index (Phi) is 2.03. The van der Waals surface area contributed by atoms with E-state index in [2.05, 4.69) is 42.0 Å². The average molecular weight is 210 g/mol. The molecule has 2 nitrogen and oxygen atoms in total. The van der Waals surface area contributed by atoms with E-state index in [-0.39, 0.29) is 0 Å². The molecule has 2 aromatic rings. The van der Waals surface area contributed by atoms with E-state index in [1.165, 1.54) is 16.7 Å². The van der Waals surface area contributed by atoms with Crippen LogP contribution in [0.5, 0.6) is 0 Å². The van der Waals surface area contributed by atoms with Gasteiger partial charge in [0.15, 0.2) is 0 Å². The predicted octanol–water partition coefficient (Wildman–Crippen LogP) is 3.17. The highest BCUT2D eigenvalue weighted by molar-refractivity contribution is 5.72. The van der Waals surface area contributed by atoms with E-state index in [0.29, 0.717) is 5.92 Å². The van der Waals surface area contributed by atoms with E-state index >= 15 is 0 Å². The van der Waals surface area contributed by atoms with Gasteiger partial charge in [0, 0.05) is 24.4 Å². The van der Waals surface area contributed by atoms with E-state index in [9.17, 15) is 0 Å². The molecule has 0 saturated carbocycles. The minimum atomic E-state index is 0.579. The van der Waals surface area contributed by atoms with Crippen molar-refractivity contribution in [3.8, 4) is 11.3 Å². The topological polar surface area (TPSA) is 25.8 Å². The fourth-order valence-corrected chi connectivity index (χ4v) is 2.25. The fraction of sp³-hybridized carbons (Fsp3) is 0.286. The summed E-state index contributed by atoms with van der Waals surface area (Å²) >= 11 is 0. The highest BCUT2D eigenvalue weighted by Gasteiger charge is 2.20. The van der Waals surface area contributed by atoms with Crippen LogP contribution in [0.25, 0.3) is 11.3 Å². The summed E-state index contributed by atoms with van der Waals surface area (Å²) in [5.74, 6) is 0.579. The number of rotatable bonds is 1. The molecule has 0 bridgehead atoms. The molecule has 16 heavy (non-hydrogen) atoms. The number of benzene rings is 1. The van der Waals surface area contributed by atoms with Crippen molar-refractivity contribution in [3.05, 3.63) is 47.4 Å². The van der Waals surface area contributed by atoms with Crippen LogP contribution in [0.2, 0.25) is 0 Å². The molecule has 0 fully saturated rings. The first kappa shape index (κ1) is 9.52. The molecule has 0 atom stereocenters. The molecule has 0 N–H and O–H groups in total. The van der Waals surface area contributed by atoms with Crippen molar-refractivity contribution in [3.63, 3.8) is 0 Å². The normalized spacial score (nSPS) is 12.7. The van der Waals surface area contributed by atoms with E-state index in [1.807, 2.05) is 0 Å². The summed E-state index contributed by atoms with van der Waals surface area (Å²) in [7, 11) is 0. The largest absolute Gasteiger partial charge is 0.257 e. The van der Waals surface area contributed by atoms with E-state index < -0.39 is 0 Å². The average Bonchev–Trinajstić information content (AvgIpc) is 2.66. The second kappa shape index (κ2) is 3.41. The standard InChI is InChI=1S/C14H14N2/c1-9(2)10-3-4-12-11(7-10)8-13-14(12)16-6-5-15-13/h3-7,9H,8H2,1-2H3. The van der Waals surface area contributed by atoms with Crippen molar-refractivity contribution in [1.82, 2.24) is 9.97 Å². The molecule has 0 spiro atoms. The lowest BCUT2D eigenvalue weighted by molar-refractivity contribution is 0.864. The Morgan fingerprint density at radius 1 is 1.12 bits per heavy atom. The third-order valence-electron chi connectivity index (χ3n) is 3.18. The number of hydrogen-bond acceptors (Lipinski definition) is 2. The Labute approximate surface area is 95.4 Å². The molecule has 1 aromatic heterocycles. The molecular weight excluding hydrogens is 196 g/mol. The lowest BCUT2D eigenvalue weighted by Crippen LogP contribution is -1.89. The molecule has 0 saturated heterocycles. The lowest BCUT2D eigenvalue weighted by Gasteiger charge is -2.07. The van der Waals surface area contributed by atoms with Crippen LogP contribution in [0.4, 0.5) is 0 Å². The van der Waals surface area contributed by atoms with Gasteiger partial charge in [0.1, 0.15) is 0 Å². The molecule has 1 aliphatic rings. The van der Waals surface area contributed by atoms with Gasteiger partial charge in [0.05, 0.1) is 11.4 Å². The number of hydrogen-bond donors (Lipinski definition) is 0. The molecule has 0 radical (unpaired) electrons. The van der Waals surface area contributed by atoms with Crippen molar-refractivity contribution < 1.29 is 0 Å². The second-order valence-electron chi connectivity index (χ2n) is 4.60. The van der Waals surface area contributed by atoms with E-state index in [1.54, 1.807) is 12.4 Å². The van der Waals surface area contributed by atoms with Crippen LogP contribution in [0.15, 0.2) is 30.6 Å². The van der Waals surface area contributed by atoms with Crippen LogP contribution < -0.4 is 0 Å². The highest BCUT2D eigenvalue weighted by Crippen LogP contribution is 2.34. The molecule has 0 unspecified atom stereocenters. The quantitative estimate of drug-likeness (QED) is 0.616. The van der Waals surface area contributed by atoms with Crippen molar-refractivity contribution >= 4 is 0 Å². The molecule has 3 rings (SSSR count). The van der Waals surface area contributed by atoms with Gasteiger partial charge < -0.3 is 0 Å². The summed E-state index contributed by atoms with van der Waals surface area (Å²) in [5, 5.41) is 0. The van der Waals surface area contributed by atoms with Crippen molar-refractivity contribution in [1.29, 1.82) is 0 Å². The maximum absolute atomic E-state index is 4.41. The van der Waals surface area contributed by atoms with Gasteiger partial charge in [-0.25, -0.2) is 0 Å². The second-order valence-corrected chi connectivity index (χ2v) is 4.60. The zero-order valence-corrected chi connectivity index (χ0v) is 9.57. The molecule has 1 aliphatic carbocycles. The molecule has 0 amide bonds. The maximum atomic E-state index is 4.41. The van der Waals surface area contributed by atoms with Gasteiger partial charge in [0.2, 0.25) is 0 Å². The number of nitrogens with zero attached hydrogens (tertiary/aromatic N) is 2. The summed E-state index contributed by atoms with van der Waals surface area (Å²) in [6, 6.07) is 6.68. The van der Waals surface area contributed by atoms with Crippen molar-refractivity contribution in [2.24, 2.45) is 0 Å². The van der Waals surface area contributed by atoms with Crippen LogP contribution >= 0.6 is 0 Å². The Balaban J connectivity index is 2.14. The zero-order valence-electron chi connectivity index (χ0n) is 9.57. The van der Waals surface area contributed by atoms with Crippen molar-refractivity contribution in [2.75, 3.05) is 0 Å². The summed E-state index contributed by atoms with van der Waals surface area (Å²) in [4.78, 5) is 8.80. The highest BCUT2D eigenvalue weighted by atomic mass is 14.8. The molecule has 2 heteroatoms. The van der Waals surface area contributed by atoms with Gasteiger partial charge in [0.25, 0.3) is 0 Å². The number of aromatic nitrogens is 2. The lowest BCUT2D eigenvalue weighted by atomic mass is 9.98. The third-order valence-corrected chi connectivity index (χ3v) is 3.18. The summed E-state index contributed by atoms with van der Waals surface area (Å²) in [5.41, 5.74) is 6.19. The minimum absolute atomic E-state index is 0.579. The molecule has 0 aliphatic heterocycles. The van der Waals surface area contributed by atoms with Gasteiger partial charge >= 0.3 is 0 Å². The van der Waals surface area contributed by atoms with Crippen LogP contribution in [0.3, 0.4) is 0 Å². The SMILES string of the molecule is CC(C)c1ccc2c(c1)Cc1nccnc1-2. The monoisotopic (exact) mass is 210 g/mol. The Hall–Kier alpha value is -1.70. The smallest absolute Gasteiger partial charge is 0.0923 e. The third kappa shape index (κ3) is 1.33. The van der Waals surface area contributed by atoms with Gasteiger partial charge in [-0.05, 0) is 17.0 Å². The van der Waals surface area contributed by atoms with E-state index in [0.717, 1.165) is 17.8 Å². The van der Waals surface area contributed by atoms with Gasteiger partial charge in [-0.3, -0.25) is 9.97 Å². The fourth-order valence-electron chi connectivity index (χ4n) is 2.25. The molecule has 1 heterocycles. The summed E-state index contributed by atoms with van der Waals surface area (Å²) in [6.45, 7) is 4.45. The molecule has 1 aromatic carbocycles. The first-order valence-electron chi connectivity index (χ1n) is 5.69. The Morgan fingerprint density at radius 2 is 1.94 bits per heavy atom. The Morgan fingerprint density at radius 3 is 2.75 bits per heavy atom. The predicted molar refractivity (Wildman–Crippen MR) is 64.4 cm³/mol. The maximum Gasteiger partial charge on any atom is 0.0923 e. The van der Waals surface area contributed by atoms with E-state index in [4.69, 9.17) is 0 Å². The Bertz CT molecular complexity index is 544. The molecular formula is C14H14N2.